The number of nitrogens with zero attached hydrogens (tertiary/aromatic N) is 1. The highest BCUT2D eigenvalue weighted by atomic mass is 35.5. The molecule has 1 aromatic carbocycles. The van der Waals surface area contributed by atoms with Crippen molar-refractivity contribution in [2.75, 3.05) is 12.1 Å². The first-order chi connectivity index (χ1) is 9.17. The van der Waals surface area contributed by atoms with E-state index in [1.165, 1.54) is 12.0 Å². The van der Waals surface area contributed by atoms with E-state index in [0.717, 1.165) is 0 Å². The van der Waals surface area contributed by atoms with Gasteiger partial charge in [-0.2, -0.15) is 0 Å². The van der Waals surface area contributed by atoms with Crippen LogP contribution in [0.3, 0.4) is 0 Å². The molecule has 0 spiro atoms. The van der Waals surface area contributed by atoms with E-state index in [4.69, 9.17) is 32.2 Å². The summed E-state index contributed by atoms with van der Waals surface area (Å²) >= 11 is 12.9. The Labute approximate surface area is 125 Å². The lowest BCUT2D eigenvalue weighted by Crippen LogP contribution is -2.14. The number of halogens is 2. The van der Waals surface area contributed by atoms with E-state index in [0.29, 0.717) is 28.5 Å². The Morgan fingerprint density at radius 3 is 3.11 bits per heavy atom. The van der Waals surface area contributed by atoms with Gasteiger partial charge < -0.3 is 9.02 Å². The number of oxime groups is 1. The largest absolute Gasteiger partial charge is 0.426 e. The molecule has 1 aliphatic rings. The summed E-state index contributed by atoms with van der Waals surface area (Å²) < 4.78 is 5.44. The second-order valence-electron chi connectivity index (χ2n) is 3.79. The van der Waals surface area contributed by atoms with Crippen LogP contribution in [0.15, 0.2) is 23.4 Å². The summed E-state index contributed by atoms with van der Waals surface area (Å²) in [4.78, 5) is 16.8. The third kappa shape index (κ3) is 3.16. The van der Waals surface area contributed by atoms with Crippen LogP contribution in [-0.2, 0) is 9.63 Å². The van der Waals surface area contributed by atoms with Crippen LogP contribution in [0.5, 0.6) is 5.75 Å². The Balaban J connectivity index is 2.23. The van der Waals surface area contributed by atoms with Crippen molar-refractivity contribution in [3.05, 3.63) is 28.8 Å². The fourth-order valence-electron chi connectivity index (χ4n) is 1.77. The zero-order valence-electron chi connectivity index (χ0n) is 10.1. The van der Waals surface area contributed by atoms with Crippen molar-refractivity contribution in [1.29, 1.82) is 0 Å². The predicted molar refractivity (Wildman–Crippen MR) is 77.2 cm³/mol. The predicted octanol–water partition coefficient (Wildman–Crippen LogP) is 3.62. The molecule has 7 heteroatoms. The van der Waals surface area contributed by atoms with Crippen LogP contribution < -0.4 is 4.18 Å². The summed E-state index contributed by atoms with van der Waals surface area (Å²) in [6, 6.07) is 5.33. The summed E-state index contributed by atoms with van der Waals surface area (Å²) in [6.45, 7) is 0. The van der Waals surface area contributed by atoms with E-state index in [2.05, 4.69) is 5.16 Å². The van der Waals surface area contributed by atoms with Crippen LogP contribution >= 0.6 is 35.2 Å². The number of alkyl halides is 1. The van der Waals surface area contributed by atoms with Gasteiger partial charge in [-0.15, -0.1) is 11.6 Å². The van der Waals surface area contributed by atoms with Crippen LogP contribution in [0, 0.1) is 0 Å². The molecule has 0 saturated carbocycles. The minimum Gasteiger partial charge on any atom is -0.426 e. The lowest BCUT2D eigenvalue weighted by Gasteiger charge is -2.14. The second kappa shape index (κ2) is 6.50. The van der Waals surface area contributed by atoms with Crippen molar-refractivity contribution in [2.45, 2.75) is 12.5 Å². The molecule has 2 rings (SSSR count). The molecular weight excluding hydrogens is 309 g/mol. The van der Waals surface area contributed by atoms with E-state index >= 15 is 0 Å². The Kier molecular flexibility index (Phi) is 4.96. The molecule has 1 aromatic rings. The fourth-order valence-corrected chi connectivity index (χ4v) is 2.53. The van der Waals surface area contributed by atoms with Crippen molar-refractivity contribution >= 4 is 46.7 Å². The second-order valence-corrected chi connectivity index (χ2v) is 4.97. The molecular formula is C12H11Cl2NO3S. The van der Waals surface area contributed by atoms with E-state index in [1.807, 2.05) is 0 Å². The molecule has 0 radical (unpaired) electrons. The highest BCUT2D eigenvalue weighted by Crippen LogP contribution is 2.39. The third-order valence-electron chi connectivity index (χ3n) is 2.62. The van der Waals surface area contributed by atoms with Gasteiger partial charge in [0.1, 0.15) is 11.5 Å². The Morgan fingerprint density at radius 2 is 2.42 bits per heavy atom. The molecule has 4 nitrogen and oxygen atoms in total. The maximum Gasteiger partial charge on any atom is 0.195 e. The van der Waals surface area contributed by atoms with Crippen molar-refractivity contribution in [1.82, 2.24) is 0 Å². The van der Waals surface area contributed by atoms with Gasteiger partial charge in [-0.05, 0) is 12.1 Å². The maximum absolute atomic E-state index is 11.5. The third-order valence-corrected chi connectivity index (χ3v) is 3.54. The fraction of sp³-hybridized carbons (Fsp3) is 0.333. The standard InChI is InChI=1S/C12H11Cl2NO3S/c1-19-18-10-4-2-3-7(14)12(10)11-5-8(15-17-11)9(16)6-13/h2-4,11H,5-6H2,1H3. The zero-order chi connectivity index (χ0) is 13.8. The number of Topliss-reactive ketones (excluding diaryl/α,β-unsaturated/α-hetero) is 1. The van der Waals surface area contributed by atoms with Crippen molar-refractivity contribution < 1.29 is 13.8 Å². The molecule has 0 amide bonds. The molecule has 1 atom stereocenters. The highest BCUT2D eigenvalue weighted by molar-refractivity contribution is 7.94. The van der Waals surface area contributed by atoms with E-state index in [1.54, 1.807) is 24.5 Å². The van der Waals surface area contributed by atoms with Gasteiger partial charge in [-0.25, -0.2) is 0 Å². The molecule has 1 unspecified atom stereocenters. The summed E-state index contributed by atoms with van der Waals surface area (Å²) in [7, 11) is 0. The van der Waals surface area contributed by atoms with Crippen LogP contribution in [0.1, 0.15) is 18.1 Å². The Hall–Kier alpha value is -0.910. The van der Waals surface area contributed by atoms with Gasteiger partial charge in [0.05, 0.1) is 28.5 Å². The molecule has 1 heterocycles. The monoisotopic (exact) mass is 319 g/mol. The van der Waals surface area contributed by atoms with Gasteiger partial charge >= 0.3 is 0 Å². The van der Waals surface area contributed by atoms with Gasteiger partial charge in [0, 0.05) is 12.7 Å². The number of hydrogen-bond donors (Lipinski definition) is 0. The van der Waals surface area contributed by atoms with Gasteiger partial charge in [-0.1, -0.05) is 22.8 Å². The first kappa shape index (κ1) is 14.5. The zero-order valence-corrected chi connectivity index (χ0v) is 12.4. The topological polar surface area (TPSA) is 47.9 Å². The molecule has 0 bridgehead atoms. The quantitative estimate of drug-likeness (QED) is 0.614. The maximum atomic E-state index is 11.5. The smallest absolute Gasteiger partial charge is 0.195 e. The SMILES string of the molecule is CSOc1cccc(Cl)c1C1CC(C(=O)CCl)=NO1. The van der Waals surface area contributed by atoms with Crippen LogP contribution in [-0.4, -0.2) is 23.6 Å². The van der Waals surface area contributed by atoms with Crippen LogP contribution in [0.25, 0.3) is 0 Å². The van der Waals surface area contributed by atoms with Gasteiger partial charge in [0.2, 0.25) is 0 Å². The van der Waals surface area contributed by atoms with Crippen LogP contribution in [0.4, 0.5) is 0 Å². The van der Waals surface area contributed by atoms with Gasteiger partial charge in [0.25, 0.3) is 0 Å². The van der Waals surface area contributed by atoms with Crippen molar-refractivity contribution in [3.8, 4) is 5.75 Å². The molecule has 1 aliphatic heterocycles. The molecule has 0 saturated heterocycles. The summed E-state index contributed by atoms with van der Waals surface area (Å²) in [6.07, 6.45) is 1.73. The van der Waals surface area contributed by atoms with Crippen LogP contribution in [0.2, 0.25) is 5.02 Å². The molecule has 102 valence electrons. The number of carbonyl (C=O) groups excluding carboxylic acids is 1. The van der Waals surface area contributed by atoms with Crippen molar-refractivity contribution in [3.63, 3.8) is 0 Å². The lowest BCUT2D eigenvalue weighted by atomic mass is 10.0. The number of rotatable bonds is 5. The summed E-state index contributed by atoms with van der Waals surface area (Å²) in [5, 5.41) is 4.29. The summed E-state index contributed by atoms with van der Waals surface area (Å²) in [5.74, 6) is 0.273. The van der Waals surface area contributed by atoms with Gasteiger partial charge in [-0.3, -0.25) is 4.79 Å². The first-order valence-electron chi connectivity index (χ1n) is 5.48. The molecule has 0 aromatic heterocycles. The molecule has 0 N–H and O–H groups in total. The molecule has 0 fully saturated rings. The van der Waals surface area contributed by atoms with E-state index in [-0.39, 0.29) is 11.7 Å². The minimum atomic E-state index is -0.419. The van der Waals surface area contributed by atoms with Gasteiger partial charge in [0.15, 0.2) is 11.9 Å². The Morgan fingerprint density at radius 1 is 1.63 bits per heavy atom. The normalized spacial score (nSPS) is 17.8. The number of ketones is 1. The van der Waals surface area contributed by atoms with E-state index in [9.17, 15) is 4.79 Å². The lowest BCUT2D eigenvalue weighted by molar-refractivity contribution is -0.110. The average molecular weight is 320 g/mol. The first-order valence-corrected chi connectivity index (χ1v) is 7.54. The van der Waals surface area contributed by atoms with E-state index < -0.39 is 6.10 Å². The minimum absolute atomic E-state index is 0.106. The highest BCUT2D eigenvalue weighted by Gasteiger charge is 2.30. The Bertz CT molecular complexity index is 522. The summed E-state index contributed by atoms with van der Waals surface area (Å²) in [5.41, 5.74) is 1.02. The number of carbonyl (C=O) groups is 1. The average Bonchev–Trinajstić information content (AvgIpc) is 2.87. The molecule has 19 heavy (non-hydrogen) atoms. The number of benzene rings is 1. The van der Waals surface area contributed by atoms with Crippen molar-refractivity contribution in [2.24, 2.45) is 5.16 Å². The molecule has 0 aliphatic carbocycles. The number of hydrogen-bond acceptors (Lipinski definition) is 5.